The van der Waals surface area contributed by atoms with Gasteiger partial charge in [-0.05, 0) is 37.8 Å². The molecule has 8 heteroatoms. The second-order valence-electron chi connectivity index (χ2n) is 7.73. The summed E-state index contributed by atoms with van der Waals surface area (Å²) < 4.78 is 1.89. The van der Waals surface area contributed by atoms with Crippen molar-refractivity contribution < 1.29 is 9.90 Å². The average molecular weight is 416 g/mol. The fourth-order valence-electron chi connectivity index (χ4n) is 3.60. The zero-order chi connectivity index (χ0) is 22.0. The van der Waals surface area contributed by atoms with Crippen LogP contribution < -0.4 is 11.1 Å². The molecule has 0 aliphatic heterocycles. The maximum Gasteiger partial charge on any atom is 0.262 e. The summed E-state index contributed by atoms with van der Waals surface area (Å²) in [6.45, 7) is 2.45. The van der Waals surface area contributed by atoms with Crippen LogP contribution in [0.4, 0.5) is 5.82 Å². The van der Waals surface area contributed by atoms with Gasteiger partial charge in [0.15, 0.2) is 0 Å². The van der Waals surface area contributed by atoms with Crippen LogP contribution in [0.5, 0.6) is 0 Å². The number of benzene rings is 1. The average Bonchev–Trinajstić information content (AvgIpc) is 3.52. The predicted octanol–water partition coefficient (Wildman–Crippen LogP) is 2.56. The number of rotatable bonds is 7. The van der Waals surface area contributed by atoms with Crippen LogP contribution in [0.15, 0.2) is 36.2 Å². The second-order valence-corrected chi connectivity index (χ2v) is 7.73. The number of fused-ring (bicyclic) bond motifs is 1. The predicted molar refractivity (Wildman–Crippen MR) is 119 cm³/mol. The third-order valence-electron chi connectivity index (χ3n) is 5.35. The maximum atomic E-state index is 12.6. The van der Waals surface area contributed by atoms with Crippen LogP contribution >= 0.6 is 0 Å². The minimum atomic E-state index is -0.391. The first-order chi connectivity index (χ1) is 15.0. The number of amides is 1. The first-order valence-electron chi connectivity index (χ1n) is 10.3. The van der Waals surface area contributed by atoms with E-state index in [1.165, 1.54) is 6.33 Å². The van der Waals surface area contributed by atoms with Crippen LogP contribution in [0.2, 0.25) is 0 Å². The maximum absolute atomic E-state index is 12.6. The molecular formula is C23H24N6O2. The third kappa shape index (κ3) is 4.13. The lowest BCUT2D eigenvalue weighted by molar-refractivity contribution is -0.117. The zero-order valence-corrected chi connectivity index (χ0v) is 17.3. The van der Waals surface area contributed by atoms with E-state index in [9.17, 15) is 15.2 Å². The van der Waals surface area contributed by atoms with E-state index in [-0.39, 0.29) is 18.2 Å². The fraction of sp³-hybridized carbons (Fsp3) is 0.304. The molecule has 1 saturated carbocycles. The molecule has 0 atom stereocenters. The van der Waals surface area contributed by atoms with Gasteiger partial charge in [0.25, 0.3) is 5.91 Å². The lowest BCUT2D eigenvalue weighted by atomic mass is 10.0. The van der Waals surface area contributed by atoms with E-state index in [0.29, 0.717) is 35.5 Å². The summed E-state index contributed by atoms with van der Waals surface area (Å²) in [5.41, 5.74) is 10.3. The van der Waals surface area contributed by atoms with Crippen LogP contribution in [0.25, 0.3) is 28.2 Å². The molecule has 0 bridgehead atoms. The van der Waals surface area contributed by atoms with Crippen molar-refractivity contribution in [1.29, 1.82) is 5.26 Å². The van der Waals surface area contributed by atoms with Crippen LogP contribution in [0, 0.1) is 18.3 Å². The Kier molecular flexibility index (Phi) is 5.69. The molecule has 158 valence electrons. The summed E-state index contributed by atoms with van der Waals surface area (Å²) in [5, 5.41) is 22.7. The van der Waals surface area contributed by atoms with E-state index >= 15 is 0 Å². The zero-order valence-electron chi connectivity index (χ0n) is 17.3. The molecule has 2 aromatic heterocycles. The molecule has 3 aromatic rings. The highest BCUT2D eigenvalue weighted by atomic mass is 16.3. The summed E-state index contributed by atoms with van der Waals surface area (Å²) in [4.78, 5) is 21.2. The van der Waals surface area contributed by atoms with E-state index in [2.05, 4.69) is 15.3 Å². The van der Waals surface area contributed by atoms with Gasteiger partial charge >= 0.3 is 0 Å². The minimum absolute atomic E-state index is 0.00344. The molecule has 0 unspecified atom stereocenters. The van der Waals surface area contributed by atoms with Crippen molar-refractivity contribution in [3.8, 4) is 17.2 Å². The summed E-state index contributed by atoms with van der Waals surface area (Å²) in [7, 11) is 0. The first kappa shape index (κ1) is 20.6. The number of aliphatic hydroxyl groups is 1. The molecule has 1 aliphatic carbocycles. The first-order valence-corrected chi connectivity index (χ1v) is 10.3. The lowest BCUT2D eigenvalue weighted by Gasteiger charge is -2.10. The van der Waals surface area contributed by atoms with Gasteiger partial charge in [0.2, 0.25) is 0 Å². The Labute approximate surface area is 180 Å². The van der Waals surface area contributed by atoms with Gasteiger partial charge in [-0.1, -0.05) is 29.8 Å². The molecule has 1 aliphatic rings. The summed E-state index contributed by atoms with van der Waals surface area (Å²) in [6.07, 6.45) is 5.33. The second kappa shape index (κ2) is 8.58. The van der Waals surface area contributed by atoms with Gasteiger partial charge in [-0.3, -0.25) is 4.79 Å². The number of nitrogen functional groups attached to an aromatic ring is 1. The lowest BCUT2D eigenvalue weighted by Crippen LogP contribution is -2.26. The highest BCUT2D eigenvalue weighted by Crippen LogP contribution is 2.38. The van der Waals surface area contributed by atoms with Crippen molar-refractivity contribution in [2.75, 3.05) is 12.3 Å². The number of aromatic nitrogens is 3. The Morgan fingerprint density at radius 3 is 2.74 bits per heavy atom. The molecule has 1 amide bonds. The molecule has 0 spiro atoms. The van der Waals surface area contributed by atoms with Crippen molar-refractivity contribution in [3.63, 3.8) is 0 Å². The summed E-state index contributed by atoms with van der Waals surface area (Å²) in [6, 6.07) is 10.1. The topological polar surface area (TPSA) is 130 Å². The van der Waals surface area contributed by atoms with Gasteiger partial charge in [-0.15, -0.1) is 0 Å². The van der Waals surface area contributed by atoms with Crippen molar-refractivity contribution in [1.82, 2.24) is 19.9 Å². The molecule has 1 fully saturated rings. The van der Waals surface area contributed by atoms with Crippen LogP contribution in [-0.2, 0) is 11.3 Å². The van der Waals surface area contributed by atoms with E-state index in [0.717, 1.165) is 29.5 Å². The van der Waals surface area contributed by atoms with Crippen LogP contribution in [0.1, 0.15) is 30.5 Å². The normalized spacial score (nSPS) is 13.9. The molecule has 1 aromatic carbocycles. The minimum Gasteiger partial charge on any atom is -0.396 e. The number of hydrogen-bond donors (Lipinski definition) is 3. The quantitative estimate of drug-likeness (QED) is 0.401. The van der Waals surface area contributed by atoms with E-state index in [4.69, 9.17) is 5.73 Å². The van der Waals surface area contributed by atoms with E-state index < -0.39 is 5.91 Å². The Morgan fingerprint density at radius 1 is 1.35 bits per heavy atom. The monoisotopic (exact) mass is 416 g/mol. The summed E-state index contributed by atoms with van der Waals surface area (Å²) in [5.74, 6) is -0.0724. The van der Waals surface area contributed by atoms with Crippen LogP contribution in [-0.4, -0.2) is 38.2 Å². The standard InChI is InChI=1S/C23H24N6O2/c1-14-3-5-15(6-4-14)19-18(11-16(12-24)23(31)28-17-7-8-17)29(9-2-10-30)22-20(19)21(25)26-13-27-22/h3-6,11,13,17,30H,2,7-10H2,1H3,(H,28,31)(H2,25,26,27)/b16-11+. The van der Waals surface area contributed by atoms with Gasteiger partial charge in [-0.2, -0.15) is 5.26 Å². The number of nitrogens with two attached hydrogens (primary N) is 1. The molecule has 0 radical (unpaired) electrons. The number of nitrogens with one attached hydrogen (secondary N) is 1. The van der Waals surface area contributed by atoms with E-state index in [1.54, 1.807) is 6.08 Å². The fourth-order valence-corrected chi connectivity index (χ4v) is 3.60. The number of carbonyl (C=O) groups excluding carboxylic acids is 1. The van der Waals surface area contributed by atoms with Crippen molar-refractivity contribution in [2.24, 2.45) is 0 Å². The SMILES string of the molecule is Cc1ccc(-c2c(/C=C(\C#N)C(=O)NC3CC3)n(CCCO)c3ncnc(N)c23)cc1. The van der Waals surface area contributed by atoms with Crippen molar-refractivity contribution in [2.45, 2.75) is 38.8 Å². The molecule has 31 heavy (non-hydrogen) atoms. The largest absolute Gasteiger partial charge is 0.396 e. The third-order valence-corrected chi connectivity index (χ3v) is 5.35. The molecular weight excluding hydrogens is 392 g/mol. The Balaban J connectivity index is 1.98. The summed E-state index contributed by atoms with van der Waals surface area (Å²) >= 11 is 0. The number of hydrogen-bond acceptors (Lipinski definition) is 6. The molecule has 4 N–H and O–H groups in total. The number of anilines is 1. The number of nitrogens with zero attached hydrogens (tertiary/aromatic N) is 4. The van der Waals surface area contributed by atoms with E-state index in [1.807, 2.05) is 41.8 Å². The van der Waals surface area contributed by atoms with Gasteiger partial charge in [0.1, 0.15) is 29.4 Å². The van der Waals surface area contributed by atoms with Gasteiger partial charge in [0.05, 0.1) is 11.1 Å². The van der Waals surface area contributed by atoms with Gasteiger partial charge in [0, 0.05) is 24.8 Å². The molecule has 8 nitrogen and oxygen atoms in total. The number of aryl methyl sites for hydroxylation is 2. The smallest absolute Gasteiger partial charge is 0.262 e. The molecule has 4 rings (SSSR count). The Hall–Kier alpha value is -3.70. The molecule has 0 saturated heterocycles. The molecule has 2 heterocycles. The number of aliphatic hydroxyl groups excluding tert-OH is 1. The number of carbonyl (C=O) groups is 1. The highest BCUT2D eigenvalue weighted by Gasteiger charge is 2.26. The van der Waals surface area contributed by atoms with Crippen LogP contribution in [0.3, 0.4) is 0 Å². The highest BCUT2D eigenvalue weighted by molar-refractivity contribution is 6.08. The Morgan fingerprint density at radius 2 is 2.10 bits per heavy atom. The number of nitriles is 1. The Bertz CT molecular complexity index is 1200. The van der Waals surface area contributed by atoms with Gasteiger partial charge in [-0.25, -0.2) is 9.97 Å². The van der Waals surface area contributed by atoms with Crippen molar-refractivity contribution >= 4 is 28.8 Å². The van der Waals surface area contributed by atoms with Gasteiger partial charge < -0.3 is 20.7 Å². The van der Waals surface area contributed by atoms with Crippen molar-refractivity contribution in [3.05, 3.63) is 47.4 Å².